The second-order valence-electron chi connectivity index (χ2n) is 8.01. The van der Waals surface area contributed by atoms with Gasteiger partial charge < -0.3 is 18.9 Å². The topological polar surface area (TPSA) is 71.8 Å². The van der Waals surface area contributed by atoms with E-state index in [1.165, 1.54) is 19.3 Å². The molecule has 0 spiro atoms. The van der Waals surface area contributed by atoms with Crippen molar-refractivity contribution in [2.45, 2.75) is 45.6 Å². The highest BCUT2D eigenvalue weighted by atomic mass is 16.5. The summed E-state index contributed by atoms with van der Waals surface area (Å²) in [6.45, 7) is 3.45. The molecule has 7 nitrogen and oxygen atoms in total. The minimum Gasteiger partial charge on any atom is -0.494 e. The van der Waals surface area contributed by atoms with Crippen LogP contribution in [0.1, 0.15) is 38.2 Å². The molecule has 2 aromatic carbocycles. The third-order valence-corrected chi connectivity index (χ3v) is 5.79. The predicted molar refractivity (Wildman–Crippen MR) is 127 cm³/mol. The highest BCUT2D eigenvalue weighted by Gasteiger charge is 2.22. The monoisotopic (exact) mass is 450 g/mol. The molecule has 0 saturated carbocycles. The van der Waals surface area contributed by atoms with Crippen molar-refractivity contribution in [1.82, 2.24) is 9.55 Å². The molecular weight excluding hydrogens is 420 g/mol. The third kappa shape index (κ3) is 5.13. The number of unbranched alkanes of at least 4 members (excludes halogenated alkanes) is 3. The maximum Gasteiger partial charge on any atom is 0.351 e. The van der Waals surface area contributed by atoms with Crippen molar-refractivity contribution in [3.8, 4) is 40.1 Å². The van der Waals surface area contributed by atoms with Gasteiger partial charge in [0.1, 0.15) is 11.5 Å². The Balaban J connectivity index is 1.53. The molecule has 0 radical (unpaired) electrons. The number of methoxy groups -OCH3 is 2. The number of rotatable bonds is 10. The van der Waals surface area contributed by atoms with E-state index in [1.54, 1.807) is 24.9 Å². The molecule has 0 N–H and O–H groups in total. The molecule has 0 atom stereocenters. The average Bonchev–Trinajstić information content (AvgIpc) is 2.84. The number of hydrogen-bond acceptors (Lipinski definition) is 6. The smallest absolute Gasteiger partial charge is 0.351 e. The van der Waals surface area contributed by atoms with Gasteiger partial charge in [-0.05, 0) is 54.8 Å². The van der Waals surface area contributed by atoms with Crippen LogP contribution in [0.5, 0.6) is 28.9 Å². The molecule has 0 bridgehead atoms. The first-order valence-electron chi connectivity index (χ1n) is 11.4. The predicted octanol–water partition coefficient (Wildman–Crippen LogP) is 5.24. The average molecular weight is 451 g/mol. The van der Waals surface area contributed by atoms with Crippen molar-refractivity contribution in [2.24, 2.45) is 0 Å². The Morgan fingerprint density at radius 2 is 1.67 bits per heavy atom. The van der Waals surface area contributed by atoms with Gasteiger partial charge >= 0.3 is 5.69 Å². The van der Waals surface area contributed by atoms with Crippen molar-refractivity contribution in [3.05, 3.63) is 58.5 Å². The summed E-state index contributed by atoms with van der Waals surface area (Å²) in [7, 11) is 3.21. The van der Waals surface area contributed by atoms with Crippen LogP contribution >= 0.6 is 0 Å². The van der Waals surface area contributed by atoms with Crippen LogP contribution in [-0.2, 0) is 13.0 Å². The first kappa shape index (κ1) is 22.7. The molecule has 4 rings (SSSR count). The van der Waals surface area contributed by atoms with Gasteiger partial charge in [-0.2, -0.15) is 4.98 Å². The molecule has 3 aromatic rings. The van der Waals surface area contributed by atoms with E-state index in [9.17, 15) is 4.79 Å². The van der Waals surface area contributed by atoms with Gasteiger partial charge in [-0.15, -0.1) is 0 Å². The van der Waals surface area contributed by atoms with Crippen LogP contribution in [0.15, 0.2) is 47.3 Å². The van der Waals surface area contributed by atoms with Gasteiger partial charge in [0.25, 0.3) is 0 Å². The Bertz CT molecular complexity index is 1150. The standard InChI is InChI=1S/C26H30N2O5/c1-4-5-6-7-14-32-19-8-10-20(11-9-19)33-25-17-22-21-16-24(31-3)23(30-2)15-18(21)12-13-28(22)26(29)27-25/h8-11,15-17H,4-7,12-14H2,1-3H3. The number of fused-ring (bicyclic) bond motifs is 3. The molecule has 33 heavy (non-hydrogen) atoms. The fourth-order valence-electron chi connectivity index (χ4n) is 4.02. The Morgan fingerprint density at radius 1 is 0.939 bits per heavy atom. The van der Waals surface area contributed by atoms with Crippen LogP contribution in [0.2, 0.25) is 0 Å². The van der Waals surface area contributed by atoms with Gasteiger partial charge in [-0.25, -0.2) is 4.79 Å². The van der Waals surface area contributed by atoms with Gasteiger partial charge in [0, 0.05) is 18.2 Å². The molecule has 1 aliphatic rings. The number of hydrogen-bond donors (Lipinski definition) is 0. The summed E-state index contributed by atoms with van der Waals surface area (Å²) in [5, 5.41) is 0. The van der Waals surface area contributed by atoms with E-state index in [-0.39, 0.29) is 11.6 Å². The zero-order valence-corrected chi connectivity index (χ0v) is 19.4. The maximum absolute atomic E-state index is 12.7. The molecule has 0 saturated heterocycles. The quantitative estimate of drug-likeness (QED) is 0.394. The van der Waals surface area contributed by atoms with Gasteiger partial charge in [-0.3, -0.25) is 4.57 Å². The number of aryl methyl sites for hydroxylation is 1. The van der Waals surface area contributed by atoms with Gasteiger partial charge in [0.05, 0.1) is 26.5 Å². The van der Waals surface area contributed by atoms with E-state index in [2.05, 4.69) is 11.9 Å². The van der Waals surface area contributed by atoms with Crippen molar-refractivity contribution >= 4 is 0 Å². The summed E-state index contributed by atoms with van der Waals surface area (Å²) in [6.07, 6.45) is 5.38. The molecule has 2 heterocycles. The van der Waals surface area contributed by atoms with Gasteiger partial charge in [0.2, 0.25) is 5.88 Å². The van der Waals surface area contributed by atoms with Crippen LogP contribution in [0, 0.1) is 0 Å². The van der Waals surface area contributed by atoms with Crippen LogP contribution < -0.4 is 24.6 Å². The molecule has 0 aliphatic carbocycles. The Kier molecular flexibility index (Phi) is 7.17. The van der Waals surface area contributed by atoms with E-state index in [0.717, 1.165) is 29.0 Å². The van der Waals surface area contributed by atoms with Crippen LogP contribution in [-0.4, -0.2) is 30.4 Å². The van der Waals surface area contributed by atoms with Crippen LogP contribution in [0.25, 0.3) is 11.3 Å². The molecule has 1 aromatic heterocycles. The lowest BCUT2D eigenvalue weighted by atomic mass is 9.97. The lowest BCUT2D eigenvalue weighted by Gasteiger charge is -2.23. The second-order valence-corrected chi connectivity index (χ2v) is 8.01. The normalized spacial score (nSPS) is 12.0. The number of ether oxygens (including phenoxy) is 4. The van der Waals surface area contributed by atoms with Crippen molar-refractivity contribution in [3.63, 3.8) is 0 Å². The van der Waals surface area contributed by atoms with E-state index in [1.807, 2.05) is 36.4 Å². The Hall–Kier alpha value is -3.48. The van der Waals surface area contributed by atoms with Crippen LogP contribution in [0.4, 0.5) is 0 Å². The molecule has 0 amide bonds. The molecular formula is C26H30N2O5. The highest BCUT2D eigenvalue weighted by molar-refractivity contribution is 5.70. The summed E-state index contributed by atoms with van der Waals surface area (Å²) in [5.74, 6) is 2.93. The minimum atomic E-state index is -0.338. The summed E-state index contributed by atoms with van der Waals surface area (Å²) in [4.78, 5) is 16.8. The van der Waals surface area contributed by atoms with E-state index < -0.39 is 0 Å². The molecule has 174 valence electrons. The number of aromatic nitrogens is 2. The second kappa shape index (κ2) is 10.4. The lowest BCUT2D eigenvalue weighted by molar-refractivity contribution is 0.304. The van der Waals surface area contributed by atoms with Gasteiger partial charge in [-0.1, -0.05) is 26.2 Å². The number of benzene rings is 2. The maximum atomic E-state index is 12.7. The molecule has 1 aliphatic heterocycles. The largest absolute Gasteiger partial charge is 0.494 e. The fourth-order valence-corrected chi connectivity index (χ4v) is 4.02. The summed E-state index contributed by atoms with van der Waals surface area (Å²) in [5.41, 5.74) is 2.41. The van der Waals surface area contributed by atoms with E-state index >= 15 is 0 Å². The SMILES string of the molecule is CCCCCCOc1ccc(Oc2cc3n(c(=O)n2)CCc2cc(OC)c(OC)cc2-3)cc1. The Morgan fingerprint density at radius 3 is 2.39 bits per heavy atom. The zero-order valence-electron chi connectivity index (χ0n) is 19.4. The summed E-state index contributed by atoms with van der Waals surface area (Å²) in [6, 6.07) is 13.0. The zero-order chi connectivity index (χ0) is 23.2. The fraction of sp³-hybridized carbons (Fsp3) is 0.385. The van der Waals surface area contributed by atoms with E-state index in [4.69, 9.17) is 18.9 Å². The first-order chi connectivity index (χ1) is 16.1. The first-order valence-corrected chi connectivity index (χ1v) is 11.4. The minimum absolute atomic E-state index is 0.252. The molecule has 7 heteroatoms. The molecule has 0 fully saturated rings. The summed E-state index contributed by atoms with van der Waals surface area (Å²) < 4.78 is 24.3. The van der Waals surface area contributed by atoms with Crippen molar-refractivity contribution in [1.29, 1.82) is 0 Å². The highest BCUT2D eigenvalue weighted by Crippen LogP contribution is 2.38. The van der Waals surface area contributed by atoms with Crippen molar-refractivity contribution < 1.29 is 18.9 Å². The lowest BCUT2D eigenvalue weighted by Crippen LogP contribution is -2.28. The molecule has 0 unspecified atom stereocenters. The van der Waals surface area contributed by atoms with E-state index in [0.29, 0.717) is 36.8 Å². The van der Waals surface area contributed by atoms with Gasteiger partial charge in [0.15, 0.2) is 11.5 Å². The summed E-state index contributed by atoms with van der Waals surface area (Å²) >= 11 is 0. The Labute approximate surface area is 193 Å². The van der Waals surface area contributed by atoms with Crippen molar-refractivity contribution in [2.75, 3.05) is 20.8 Å². The number of nitrogens with zero attached hydrogens (tertiary/aromatic N) is 2. The third-order valence-electron chi connectivity index (χ3n) is 5.79. The van der Waals surface area contributed by atoms with Crippen LogP contribution in [0.3, 0.4) is 0 Å².